The molecule has 2 rings (SSSR count). The number of nitrogens with zero attached hydrogens (tertiary/aromatic N) is 1. The van der Waals surface area contributed by atoms with E-state index in [9.17, 15) is 4.39 Å². The molecule has 0 aromatic carbocycles. The van der Waals surface area contributed by atoms with Crippen molar-refractivity contribution in [2.75, 3.05) is 5.32 Å². The molecule has 1 aliphatic rings. The van der Waals surface area contributed by atoms with E-state index < -0.39 is 0 Å². The molecule has 1 heterocycles. The molecular weight excluding hydrogens is 215 g/mol. The van der Waals surface area contributed by atoms with Crippen molar-refractivity contribution >= 4 is 17.4 Å². The summed E-state index contributed by atoms with van der Waals surface area (Å²) in [7, 11) is 0. The van der Waals surface area contributed by atoms with Crippen molar-refractivity contribution in [3.8, 4) is 0 Å². The highest BCUT2D eigenvalue weighted by molar-refractivity contribution is 6.30. The zero-order valence-corrected chi connectivity index (χ0v) is 9.39. The lowest BCUT2D eigenvalue weighted by Crippen LogP contribution is -2.23. The highest BCUT2D eigenvalue weighted by Gasteiger charge is 2.24. The van der Waals surface area contributed by atoms with Crippen LogP contribution >= 0.6 is 11.6 Å². The molecule has 2 unspecified atom stereocenters. The number of aromatic nitrogens is 1. The van der Waals surface area contributed by atoms with E-state index in [1.807, 2.05) is 0 Å². The van der Waals surface area contributed by atoms with Gasteiger partial charge in [0.15, 0.2) is 11.6 Å². The van der Waals surface area contributed by atoms with Gasteiger partial charge >= 0.3 is 0 Å². The summed E-state index contributed by atoms with van der Waals surface area (Å²) >= 11 is 5.63. The predicted molar refractivity (Wildman–Crippen MR) is 59.6 cm³/mol. The lowest BCUT2D eigenvalue weighted by molar-refractivity contribution is 0.546. The van der Waals surface area contributed by atoms with Gasteiger partial charge in [0.05, 0.1) is 5.02 Å². The molecule has 1 aromatic rings. The Morgan fingerprint density at radius 1 is 1.53 bits per heavy atom. The van der Waals surface area contributed by atoms with Crippen LogP contribution in [0, 0.1) is 11.7 Å². The predicted octanol–water partition coefficient (Wildman–Crippen LogP) is 3.47. The molecule has 1 aliphatic carbocycles. The van der Waals surface area contributed by atoms with E-state index in [2.05, 4.69) is 17.2 Å². The van der Waals surface area contributed by atoms with Gasteiger partial charge in [0.2, 0.25) is 0 Å². The van der Waals surface area contributed by atoms with Crippen molar-refractivity contribution in [3.63, 3.8) is 0 Å². The normalized spacial score (nSPS) is 25.5. The Hall–Kier alpha value is -0.830. The monoisotopic (exact) mass is 228 g/mol. The molecule has 0 spiro atoms. The number of hydrogen-bond acceptors (Lipinski definition) is 2. The molecular formula is C11H14ClFN2. The molecule has 1 saturated carbocycles. The minimum absolute atomic E-state index is 0.318. The van der Waals surface area contributed by atoms with E-state index in [1.165, 1.54) is 25.1 Å². The second-order valence-electron chi connectivity index (χ2n) is 4.14. The van der Waals surface area contributed by atoms with Gasteiger partial charge in [0.25, 0.3) is 0 Å². The highest BCUT2D eigenvalue weighted by atomic mass is 35.5. The van der Waals surface area contributed by atoms with Crippen LogP contribution in [0.2, 0.25) is 5.02 Å². The highest BCUT2D eigenvalue weighted by Crippen LogP contribution is 2.28. The van der Waals surface area contributed by atoms with E-state index in [0.717, 1.165) is 6.42 Å². The maximum absolute atomic E-state index is 13.4. The van der Waals surface area contributed by atoms with E-state index in [1.54, 1.807) is 0 Å². The molecule has 2 nitrogen and oxygen atoms in total. The van der Waals surface area contributed by atoms with Gasteiger partial charge in [-0.05, 0) is 24.8 Å². The van der Waals surface area contributed by atoms with E-state index in [0.29, 0.717) is 22.8 Å². The van der Waals surface area contributed by atoms with Crippen LogP contribution in [0.4, 0.5) is 10.2 Å². The van der Waals surface area contributed by atoms with Gasteiger partial charge in [0, 0.05) is 12.2 Å². The van der Waals surface area contributed by atoms with Gasteiger partial charge in [0.1, 0.15) is 0 Å². The topological polar surface area (TPSA) is 24.9 Å². The average molecular weight is 229 g/mol. The number of rotatable bonds is 2. The standard InChI is InChI=1S/C11H14ClFN2/c1-7-3-2-4-10(7)15-11-9(13)5-8(12)6-14-11/h5-7,10H,2-4H2,1H3,(H,14,15). The third kappa shape index (κ3) is 2.40. The van der Waals surface area contributed by atoms with Crippen LogP contribution in [0.3, 0.4) is 0 Å². The molecule has 0 amide bonds. The molecule has 1 fully saturated rings. The Morgan fingerprint density at radius 3 is 2.93 bits per heavy atom. The summed E-state index contributed by atoms with van der Waals surface area (Å²) in [5.41, 5.74) is 0. The summed E-state index contributed by atoms with van der Waals surface area (Å²) in [6.45, 7) is 2.18. The lowest BCUT2D eigenvalue weighted by atomic mass is 10.1. The van der Waals surface area contributed by atoms with Gasteiger partial charge in [-0.15, -0.1) is 0 Å². The summed E-state index contributed by atoms with van der Waals surface area (Å²) in [4.78, 5) is 3.96. The maximum atomic E-state index is 13.4. The number of hydrogen-bond donors (Lipinski definition) is 1. The number of anilines is 1. The fourth-order valence-corrected chi connectivity index (χ4v) is 2.20. The number of pyridine rings is 1. The number of halogens is 2. The van der Waals surface area contributed by atoms with Gasteiger partial charge in [-0.25, -0.2) is 9.37 Å². The van der Waals surface area contributed by atoms with Crippen molar-refractivity contribution in [1.82, 2.24) is 4.98 Å². The Balaban J connectivity index is 2.10. The average Bonchev–Trinajstić information content (AvgIpc) is 2.57. The molecule has 0 aliphatic heterocycles. The molecule has 1 aromatic heterocycles. The fourth-order valence-electron chi connectivity index (χ4n) is 2.06. The van der Waals surface area contributed by atoms with Crippen molar-refractivity contribution in [2.45, 2.75) is 32.2 Å². The molecule has 82 valence electrons. The van der Waals surface area contributed by atoms with Crippen LogP contribution in [0.5, 0.6) is 0 Å². The van der Waals surface area contributed by atoms with Crippen LogP contribution < -0.4 is 5.32 Å². The largest absolute Gasteiger partial charge is 0.365 e. The Morgan fingerprint density at radius 2 is 2.33 bits per heavy atom. The minimum atomic E-state index is -0.374. The van der Waals surface area contributed by atoms with Gasteiger partial charge in [-0.1, -0.05) is 24.9 Å². The van der Waals surface area contributed by atoms with Crippen molar-refractivity contribution in [3.05, 3.63) is 23.1 Å². The zero-order chi connectivity index (χ0) is 10.8. The van der Waals surface area contributed by atoms with Crippen LogP contribution in [-0.4, -0.2) is 11.0 Å². The lowest BCUT2D eigenvalue weighted by Gasteiger charge is -2.18. The zero-order valence-electron chi connectivity index (χ0n) is 8.63. The van der Waals surface area contributed by atoms with E-state index >= 15 is 0 Å². The van der Waals surface area contributed by atoms with Crippen molar-refractivity contribution < 1.29 is 4.39 Å². The maximum Gasteiger partial charge on any atom is 0.166 e. The first kappa shape index (κ1) is 10.7. The molecule has 1 N–H and O–H groups in total. The minimum Gasteiger partial charge on any atom is -0.365 e. The summed E-state index contributed by atoms with van der Waals surface area (Å²) in [5.74, 6) is 0.529. The first-order valence-electron chi connectivity index (χ1n) is 5.24. The van der Waals surface area contributed by atoms with Crippen LogP contribution in [0.25, 0.3) is 0 Å². The Bertz CT molecular complexity index is 356. The quantitative estimate of drug-likeness (QED) is 0.839. The van der Waals surface area contributed by atoms with E-state index in [-0.39, 0.29) is 5.82 Å². The third-order valence-corrected chi connectivity index (χ3v) is 3.20. The summed E-state index contributed by atoms with van der Waals surface area (Å²) in [6, 6.07) is 1.63. The molecule has 15 heavy (non-hydrogen) atoms. The molecule has 0 radical (unpaired) electrons. The van der Waals surface area contributed by atoms with Crippen molar-refractivity contribution in [2.24, 2.45) is 5.92 Å². The second kappa shape index (κ2) is 4.35. The van der Waals surface area contributed by atoms with Gasteiger partial charge in [-0.2, -0.15) is 0 Å². The van der Waals surface area contributed by atoms with Crippen LogP contribution in [-0.2, 0) is 0 Å². The smallest absolute Gasteiger partial charge is 0.166 e. The van der Waals surface area contributed by atoms with Gasteiger partial charge in [-0.3, -0.25) is 0 Å². The van der Waals surface area contributed by atoms with Crippen molar-refractivity contribution in [1.29, 1.82) is 0 Å². The van der Waals surface area contributed by atoms with Crippen LogP contribution in [0.1, 0.15) is 26.2 Å². The summed E-state index contributed by atoms with van der Waals surface area (Å²) in [6.07, 6.45) is 4.96. The third-order valence-electron chi connectivity index (χ3n) is 2.99. The molecule has 0 bridgehead atoms. The summed E-state index contributed by atoms with van der Waals surface area (Å²) < 4.78 is 13.4. The fraction of sp³-hybridized carbons (Fsp3) is 0.545. The first-order valence-corrected chi connectivity index (χ1v) is 5.62. The Kier molecular flexibility index (Phi) is 3.10. The summed E-state index contributed by atoms with van der Waals surface area (Å²) in [5, 5.41) is 3.47. The van der Waals surface area contributed by atoms with Gasteiger partial charge < -0.3 is 5.32 Å². The second-order valence-corrected chi connectivity index (χ2v) is 4.58. The molecule has 4 heteroatoms. The Labute approximate surface area is 93.9 Å². The molecule has 0 saturated heterocycles. The SMILES string of the molecule is CC1CCCC1Nc1ncc(Cl)cc1F. The molecule has 2 atom stereocenters. The van der Waals surface area contributed by atoms with Crippen LogP contribution in [0.15, 0.2) is 12.3 Å². The van der Waals surface area contributed by atoms with E-state index in [4.69, 9.17) is 11.6 Å². The first-order chi connectivity index (χ1) is 7.16. The number of nitrogens with one attached hydrogen (secondary N) is 1.